The zero-order valence-electron chi connectivity index (χ0n) is 39.2. The standard InChI is InChI=1S/C64H49N5/c1-39(41-23-11-7-12-24-41)65-59(42-25-13-8-14-26-42)66-40(2)49-35-55-57(47-33-21-19-31-45(47)49)51-37-54-52(38-53(51)63(55,3)4)58-48-34-22-20-32-46(48)50(36-56(58)64(54,5)6)62-68-60(43-27-15-9-16-28-43)67-61(69-62)44-29-17-10-18-30-44/h7-38H,1-2H2,3-6H3,(H,65,66). The molecule has 0 spiro atoms. The first-order valence-corrected chi connectivity index (χ1v) is 23.6. The van der Waals surface area contributed by atoms with Gasteiger partial charge in [0.1, 0.15) is 5.84 Å². The Labute approximate surface area is 403 Å². The van der Waals surface area contributed by atoms with Crippen LogP contribution < -0.4 is 5.32 Å². The Kier molecular flexibility index (Phi) is 9.75. The summed E-state index contributed by atoms with van der Waals surface area (Å²) < 4.78 is 0. The zero-order chi connectivity index (χ0) is 47.0. The second-order valence-electron chi connectivity index (χ2n) is 19.3. The highest BCUT2D eigenvalue weighted by Crippen LogP contribution is 2.59. The summed E-state index contributed by atoms with van der Waals surface area (Å²) in [7, 11) is 0. The van der Waals surface area contributed by atoms with E-state index in [-0.39, 0.29) is 10.8 Å². The molecule has 0 atom stereocenters. The fraction of sp³-hybridized carbons (Fsp3) is 0.0938. The van der Waals surface area contributed by atoms with Gasteiger partial charge in [-0.05, 0) is 95.9 Å². The summed E-state index contributed by atoms with van der Waals surface area (Å²) in [5.41, 5.74) is 16.9. The summed E-state index contributed by atoms with van der Waals surface area (Å²) in [5.74, 6) is 2.65. The molecule has 69 heavy (non-hydrogen) atoms. The van der Waals surface area contributed by atoms with Crippen LogP contribution in [-0.2, 0) is 10.8 Å². The van der Waals surface area contributed by atoms with Gasteiger partial charge in [0.25, 0.3) is 0 Å². The third kappa shape index (κ3) is 6.84. The van der Waals surface area contributed by atoms with E-state index >= 15 is 0 Å². The van der Waals surface area contributed by atoms with Crippen LogP contribution in [0.2, 0.25) is 0 Å². The summed E-state index contributed by atoms with van der Waals surface area (Å²) in [5, 5.41) is 8.31. The summed E-state index contributed by atoms with van der Waals surface area (Å²) in [6.07, 6.45) is 0. The molecule has 0 saturated heterocycles. The van der Waals surface area contributed by atoms with Crippen LogP contribution in [-0.4, -0.2) is 20.8 Å². The van der Waals surface area contributed by atoms with Crippen LogP contribution in [0.4, 0.5) is 0 Å². The van der Waals surface area contributed by atoms with Crippen molar-refractivity contribution in [1.29, 1.82) is 0 Å². The van der Waals surface area contributed by atoms with Crippen LogP contribution >= 0.6 is 0 Å². The van der Waals surface area contributed by atoms with Gasteiger partial charge in [0, 0.05) is 44.3 Å². The molecule has 10 aromatic rings. The second-order valence-corrected chi connectivity index (χ2v) is 19.3. The van der Waals surface area contributed by atoms with Crippen molar-refractivity contribution < 1.29 is 0 Å². The fourth-order valence-corrected chi connectivity index (χ4v) is 10.8. The molecule has 0 saturated carbocycles. The number of hydrogen-bond donors (Lipinski definition) is 1. The predicted octanol–water partition coefficient (Wildman–Crippen LogP) is 15.5. The molecule has 0 radical (unpaired) electrons. The lowest BCUT2D eigenvalue weighted by atomic mass is 9.79. The van der Waals surface area contributed by atoms with Crippen molar-refractivity contribution in [2.75, 3.05) is 0 Å². The smallest absolute Gasteiger partial charge is 0.164 e. The lowest BCUT2D eigenvalue weighted by Gasteiger charge is -2.25. The number of rotatable bonds is 8. The Hall–Kier alpha value is -8.54. The molecule has 2 aliphatic carbocycles. The van der Waals surface area contributed by atoms with Crippen LogP contribution in [0.3, 0.4) is 0 Å². The number of benzene rings is 9. The molecule has 330 valence electrons. The van der Waals surface area contributed by atoms with Crippen molar-refractivity contribution in [3.63, 3.8) is 0 Å². The largest absolute Gasteiger partial charge is 0.340 e. The van der Waals surface area contributed by atoms with Crippen LogP contribution in [0, 0.1) is 0 Å². The molecular weight excluding hydrogens is 839 g/mol. The van der Waals surface area contributed by atoms with E-state index in [4.69, 9.17) is 26.5 Å². The third-order valence-corrected chi connectivity index (χ3v) is 14.4. The average Bonchev–Trinajstić information content (AvgIpc) is 3.76. The predicted molar refractivity (Wildman–Crippen MR) is 287 cm³/mol. The first-order valence-electron chi connectivity index (χ1n) is 23.6. The molecular formula is C64H49N5. The van der Waals surface area contributed by atoms with E-state index < -0.39 is 0 Å². The Morgan fingerprint density at radius 1 is 0.420 bits per heavy atom. The van der Waals surface area contributed by atoms with Crippen molar-refractivity contribution in [2.24, 2.45) is 4.99 Å². The molecule has 1 aromatic heterocycles. The molecule has 5 nitrogen and oxygen atoms in total. The van der Waals surface area contributed by atoms with Gasteiger partial charge >= 0.3 is 0 Å². The lowest BCUT2D eigenvalue weighted by molar-refractivity contribution is 0.652. The van der Waals surface area contributed by atoms with Gasteiger partial charge in [0.2, 0.25) is 0 Å². The van der Waals surface area contributed by atoms with Crippen molar-refractivity contribution in [2.45, 2.75) is 38.5 Å². The monoisotopic (exact) mass is 887 g/mol. The highest BCUT2D eigenvalue weighted by atomic mass is 15.0. The number of nitrogens with one attached hydrogen (secondary N) is 1. The number of hydrogen-bond acceptors (Lipinski definition) is 4. The van der Waals surface area contributed by atoms with Gasteiger partial charge in [-0.25, -0.2) is 19.9 Å². The van der Waals surface area contributed by atoms with Crippen molar-refractivity contribution in [3.8, 4) is 56.4 Å². The van der Waals surface area contributed by atoms with E-state index in [1.165, 1.54) is 55.3 Å². The molecule has 0 unspecified atom stereocenters. The van der Waals surface area contributed by atoms with Gasteiger partial charge in [-0.15, -0.1) is 0 Å². The molecule has 9 aromatic carbocycles. The van der Waals surface area contributed by atoms with Gasteiger partial charge in [-0.3, -0.25) is 0 Å². The third-order valence-electron chi connectivity index (χ3n) is 14.4. The van der Waals surface area contributed by atoms with Gasteiger partial charge in [0.05, 0.1) is 5.70 Å². The summed E-state index contributed by atoms with van der Waals surface area (Å²) in [6, 6.07) is 68.0. The van der Waals surface area contributed by atoms with Gasteiger partial charge in [-0.2, -0.15) is 0 Å². The molecule has 0 aliphatic heterocycles. The van der Waals surface area contributed by atoms with Gasteiger partial charge < -0.3 is 5.32 Å². The van der Waals surface area contributed by atoms with Crippen molar-refractivity contribution >= 4 is 38.8 Å². The average molecular weight is 888 g/mol. The zero-order valence-corrected chi connectivity index (χ0v) is 39.2. The Balaban J connectivity index is 0.995. The Morgan fingerprint density at radius 2 is 0.826 bits per heavy atom. The highest BCUT2D eigenvalue weighted by Gasteiger charge is 2.43. The van der Waals surface area contributed by atoms with Gasteiger partial charge in [-0.1, -0.05) is 211 Å². The molecule has 12 rings (SSSR count). The Morgan fingerprint density at radius 3 is 1.36 bits per heavy atom. The number of nitrogens with zero attached hydrogens (tertiary/aromatic N) is 4. The maximum absolute atomic E-state index is 5.23. The number of amidine groups is 1. The van der Waals surface area contributed by atoms with Crippen LogP contribution in [0.15, 0.2) is 212 Å². The number of fused-ring (bicyclic) bond motifs is 10. The van der Waals surface area contributed by atoms with E-state index in [0.29, 0.717) is 29.0 Å². The molecule has 1 N–H and O–H groups in total. The van der Waals surface area contributed by atoms with Gasteiger partial charge in [0.15, 0.2) is 17.5 Å². The summed E-state index contributed by atoms with van der Waals surface area (Å²) in [6.45, 7) is 18.5. The van der Waals surface area contributed by atoms with E-state index in [0.717, 1.165) is 49.9 Å². The molecule has 5 heteroatoms. The van der Waals surface area contributed by atoms with Crippen molar-refractivity contribution in [3.05, 3.63) is 246 Å². The molecule has 0 amide bonds. The van der Waals surface area contributed by atoms with Crippen molar-refractivity contribution in [1.82, 2.24) is 20.3 Å². The number of aliphatic imine (C=N–C) groups is 1. The highest BCUT2D eigenvalue weighted by molar-refractivity contribution is 6.13. The minimum absolute atomic E-state index is 0.327. The quantitative estimate of drug-likeness (QED) is 0.122. The number of aromatic nitrogens is 3. The van der Waals surface area contributed by atoms with E-state index in [1.807, 2.05) is 84.9 Å². The summed E-state index contributed by atoms with van der Waals surface area (Å²) in [4.78, 5) is 20.6. The maximum Gasteiger partial charge on any atom is 0.164 e. The molecule has 2 aliphatic rings. The summed E-state index contributed by atoms with van der Waals surface area (Å²) >= 11 is 0. The first-order chi connectivity index (χ1) is 33.6. The van der Waals surface area contributed by atoms with E-state index in [9.17, 15) is 0 Å². The maximum atomic E-state index is 5.23. The Bertz CT molecular complexity index is 3700. The molecule has 0 bridgehead atoms. The van der Waals surface area contributed by atoms with Crippen LogP contribution in [0.1, 0.15) is 66.6 Å². The molecule has 0 fully saturated rings. The minimum Gasteiger partial charge on any atom is -0.340 e. The SMILES string of the molecule is C=C(N=C(NC(=C)c1cc2c(c3ccccc13)-c1cc3c(cc1C2(C)C)-c1c(cc(-c2nc(-c4ccccc4)nc(-c4ccccc4)n2)c2ccccc12)C3(C)C)c1ccccc1)c1ccccc1. The van der Waals surface area contributed by atoms with Crippen LogP contribution in [0.25, 0.3) is 89.4 Å². The molecule has 1 heterocycles. The first kappa shape index (κ1) is 41.9. The fourth-order valence-electron chi connectivity index (χ4n) is 10.8. The van der Waals surface area contributed by atoms with E-state index in [1.54, 1.807) is 0 Å². The van der Waals surface area contributed by atoms with E-state index in [2.05, 4.69) is 149 Å². The normalized spacial score (nSPS) is 13.9. The lowest BCUT2D eigenvalue weighted by Crippen LogP contribution is -2.23. The van der Waals surface area contributed by atoms with Crippen LogP contribution in [0.5, 0.6) is 0 Å². The second kappa shape index (κ2) is 16.1. The minimum atomic E-state index is -0.339. The topological polar surface area (TPSA) is 63.1 Å².